The largest absolute Gasteiger partial charge is 0.768 e. The predicted molar refractivity (Wildman–Crippen MR) is 186 cm³/mol. The molecule has 0 aliphatic heterocycles. The lowest BCUT2D eigenvalue weighted by molar-refractivity contribution is -0.0984. The fourth-order valence-electron chi connectivity index (χ4n) is 9.29. The summed E-state index contributed by atoms with van der Waals surface area (Å²) < 4.78 is 124. The first kappa shape index (κ1) is 37.7. The Balaban J connectivity index is 1.25. The quantitative estimate of drug-likeness (QED) is 0.107. The molecular formula is C40H29F6N2O5S2-. The first-order chi connectivity index (χ1) is 26.2. The van der Waals surface area contributed by atoms with Crippen LogP contribution in [0.3, 0.4) is 0 Å². The highest BCUT2D eigenvalue weighted by atomic mass is 32.2. The van der Waals surface area contributed by atoms with Crippen LogP contribution in [0.5, 0.6) is 0 Å². The van der Waals surface area contributed by atoms with Crippen LogP contribution in [0.1, 0.15) is 116 Å². The zero-order valence-electron chi connectivity index (χ0n) is 28.4. The number of aliphatic hydroxyl groups excluding tert-OH is 2. The molecule has 4 aromatic rings. The Kier molecular flexibility index (Phi) is 9.64. The summed E-state index contributed by atoms with van der Waals surface area (Å²) in [6.07, 6.45) is -15.8. The number of fused-ring (bicyclic) bond motifs is 4. The van der Waals surface area contributed by atoms with E-state index >= 15 is 17.6 Å². The van der Waals surface area contributed by atoms with Crippen LogP contribution < -0.4 is 0 Å². The molecule has 1 unspecified atom stereocenters. The van der Waals surface area contributed by atoms with Crippen LogP contribution in [0.4, 0.5) is 26.3 Å². The molecule has 4 aliphatic rings. The molecule has 0 bridgehead atoms. The number of hydrogen-bond acceptors (Lipinski definition) is 8. The summed E-state index contributed by atoms with van der Waals surface area (Å²) in [6.45, 7) is 0. The summed E-state index contributed by atoms with van der Waals surface area (Å²) in [6, 6.07) is 13.2. The second kappa shape index (κ2) is 14.1. The third-order valence-electron chi connectivity index (χ3n) is 11.5. The van der Waals surface area contributed by atoms with E-state index in [-0.39, 0.29) is 73.4 Å². The van der Waals surface area contributed by atoms with Crippen LogP contribution in [-0.4, -0.2) is 43.7 Å². The Bertz CT molecular complexity index is 2390. The maximum Gasteiger partial charge on any atom is 0.134 e. The van der Waals surface area contributed by atoms with E-state index in [9.17, 15) is 38.3 Å². The minimum atomic E-state index is -2.86. The van der Waals surface area contributed by atoms with E-state index < -0.39 is 96.5 Å². The van der Waals surface area contributed by atoms with Crippen LogP contribution in [0, 0.1) is 34.3 Å². The molecular weight excluding hydrogens is 767 g/mol. The van der Waals surface area contributed by atoms with Crippen molar-refractivity contribution in [1.29, 1.82) is 10.5 Å². The molecule has 284 valence electrons. The van der Waals surface area contributed by atoms with E-state index in [2.05, 4.69) is 12.6 Å². The molecule has 0 aromatic heterocycles. The first-order valence-corrected chi connectivity index (χ1v) is 18.9. The number of nitriles is 2. The van der Waals surface area contributed by atoms with Crippen molar-refractivity contribution >= 4 is 23.7 Å². The molecule has 11 atom stereocenters. The van der Waals surface area contributed by atoms with Gasteiger partial charge >= 0.3 is 0 Å². The number of alkyl halides is 4. The van der Waals surface area contributed by atoms with Gasteiger partial charge in [0.1, 0.15) is 60.7 Å². The van der Waals surface area contributed by atoms with E-state index in [0.29, 0.717) is 16.0 Å². The van der Waals surface area contributed by atoms with Gasteiger partial charge in [0, 0.05) is 45.6 Å². The molecule has 4 aliphatic carbocycles. The van der Waals surface area contributed by atoms with Crippen LogP contribution in [0.15, 0.2) is 58.3 Å². The molecule has 0 radical (unpaired) electrons. The van der Waals surface area contributed by atoms with Crippen LogP contribution >= 0.6 is 12.6 Å². The van der Waals surface area contributed by atoms with Crippen LogP contribution in [0.2, 0.25) is 0 Å². The third-order valence-corrected chi connectivity index (χ3v) is 12.6. The number of benzene rings is 4. The number of hydrogen-bond donors (Lipinski definition) is 3. The van der Waals surface area contributed by atoms with Gasteiger partial charge in [0.25, 0.3) is 0 Å². The molecule has 4 aromatic carbocycles. The highest BCUT2D eigenvalue weighted by molar-refractivity contribution is 7.80. The highest BCUT2D eigenvalue weighted by Gasteiger charge is 2.47. The van der Waals surface area contributed by atoms with Crippen LogP contribution in [-0.2, 0) is 28.7 Å². The number of ether oxygens (including phenoxy) is 1. The lowest BCUT2D eigenvalue weighted by atomic mass is 9.72. The third kappa shape index (κ3) is 5.99. The number of thiol groups is 1. The van der Waals surface area contributed by atoms with Crippen molar-refractivity contribution in [1.82, 2.24) is 0 Å². The Morgan fingerprint density at radius 1 is 0.691 bits per heavy atom. The molecule has 0 saturated carbocycles. The second-order valence-corrected chi connectivity index (χ2v) is 15.8. The van der Waals surface area contributed by atoms with E-state index in [4.69, 9.17) is 4.74 Å². The number of aliphatic hydroxyl groups is 2. The van der Waals surface area contributed by atoms with Gasteiger partial charge in [-0.3, -0.25) is 4.21 Å². The SMILES string of the molecule is N#Cc1cc(F)cc2c1[C@@H](c1ccc(S(=O)[O-])c3c1C[C@@H](F)[C@H]3O)C[C@H](F)[C@@H]2O[C@H]1c2cc(F)cc(C#N)c2[C@@H](c2ccc(S)c3c2C[C@@H](F)[C@H]3O)C[C@@H]1F. The maximum absolute atomic E-state index is 16.8. The fourth-order valence-corrected chi connectivity index (χ4v) is 10.2. The van der Waals surface area contributed by atoms with Gasteiger partial charge in [0.15, 0.2) is 0 Å². The van der Waals surface area contributed by atoms with Gasteiger partial charge in [-0.05, 0) is 105 Å². The topological polar surface area (TPSA) is 137 Å². The van der Waals surface area contributed by atoms with E-state index in [0.717, 1.165) is 30.3 Å². The number of halogens is 6. The smallest absolute Gasteiger partial charge is 0.134 e. The summed E-state index contributed by atoms with van der Waals surface area (Å²) in [5, 5.41) is 41.5. The van der Waals surface area contributed by atoms with Crippen molar-refractivity contribution in [2.45, 2.75) is 96.4 Å². The van der Waals surface area contributed by atoms with Gasteiger partial charge in [-0.25, -0.2) is 26.3 Å². The van der Waals surface area contributed by atoms with Gasteiger partial charge in [0.2, 0.25) is 0 Å². The van der Waals surface area contributed by atoms with Crippen molar-refractivity contribution in [3.05, 3.63) is 127 Å². The fraction of sp³-hybridized carbons (Fsp3) is 0.350. The van der Waals surface area contributed by atoms with Gasteiger partial charge < -0.3 is 19.5 Å². The predicted octanol–water partition coefficient (Wildman–Crippen LogP) is 7.64. The van der Waals surface area contributed by atoms with Gasteiger partial charge in [-0.2, -0.15) is 10.5 Å². The van der Waals surface area contributed by atoms with E-state index in [1.165, 1.54) is 12.1 Å². The van der Waals surface area contributed by atoms with Gasteiger partial charge in [-0.15, -0.1) is 12.6 Å². The van der Waals surface area contributed by atoms with Gasteiger partial charge in [-0.1, -0.05) is 12.1 Å². The number of rotatable bonds is 5. The summed E-state index contributed by atoms with van der Waals surface area (Å²) >= 11 is 1.51. The Labute approximate surface area is 318 Å². The van der Waals surface area contributed by atoms with Crippen LogP contribution in [0.25, 0.3) is 0 Å². The summed E-state index contributed by atoms with van der Waals surface area (Å²) in [4.78, 5) is -0.0336. The van der Waals surface area contributed by atoms with Crippen molar-refractivity contribution in [2.75, 3.05) is 0 Å². The summed E-state index contributed by atoms with van der Waals surface area (Å²) in [5.74, 6) is -3.91. The Hall–Kier alpha value is -4.22. The molecule has 0 fully saturated rings. The second-order valence-electron chi connectivity index (χ2n) is 14.4. The molecule has 0 amide bonds. The molecule has 7 nitrogen and oxygen atoms in total. The van der Waals surface area contributed by atoms with Gasteiger partial charge in [0.05, 0.1) is 23.3 Å². The Morgan fingerprint density at radius 3 is 1.62 bits per heavy atom. The zero-order chi connectivity index (χ0) is 39.2. The molecule has 8 rings (SSSR count). The zero-order valence-corrected chi connectivity index (χ0v) is 30.1. The monoisotopic (exact) mass is 795 g/mol. The molecule has 0 spiro atoms. The standard InChI is InChI=1S/C40H30F6N2O5S2/c41-17-5-15(13-47)33-21(19-1-3-31(54)35-23(19)9-27(43)37(35)49)11-29(45)39(25(33)7-17)53-40-26-8-18(42)6-16(14-48)34(26)22(12-30(40)46)20-2-4-32(55(51)52)36-24(20)10-28(44)38(36)50/h1-8,21-22,27-30,37-40,49-50,54H,9-12H2,(H,51,52)/p-1/t21-,22-,27-,28-,29+,30+,37-,38-,39+,40-/m1/s1. The minimum Gasteiger partial charge on any atom is -0.768 e. The van der Waals surface area contributed by atoms with E-state index in [1.807, 2.05) is 12.1 Å². The number of nitrogens with zero attached hydrogens (tertiary/aromatic N) is 2. The van der Waals surface area contributed by atoms with Crippen molar-refractivity contribution in [2.24, 2.45) is 0 Å². The molecule has 2 N–H and O–H groups in total. The summed E-state index contributed by atoms with van der Waals surface area (Å²) in [5.41, 5.74) is 0.628. The average Bonchev–Trinajstić information content (AvgIpc) is 3.62. The van der Waals surface area contributed by atoms with E-state index in [1.54, 1.807) is 6.07 Å². The molecule has 0 heterocycles. The lowest BCUT2D eigenvalue weighted by Gasteiger charge is -2.41. The Morgan fingerprint density at radius 2 is 1.15 bits per heavy atom. The lowest BCUT2D eigenvalue weighted by Crippen LogP contribution is -2.35. The average molecular weight is 796 g/mol. The molecule has 0 saturated heterocycles. The van der Waals surface area contributed by atoms with Crippen molar-refractivity contribution in [3.8, 4) is 12.1 Å². The highest BCUT2D eigenvalue weighted by Crippen LogP contribution is 2.54. The first-order valence-electron chi connectivity index (χ1n) is 17.4. The summed E-state index contributed by atoms with van der Waals surface area (Å²) in [7, 11) is 0. The maximum atomic E-state index is 16.8. The van der Waals surface area contributed by atoms with Crippen molar-refractivity contribution < 1.29 is 50.1 Å². The molecule has 55 heavy (non-hydrogen) atoms. The minimum absolute atomic E-state index is 0.0702. The molecule has 15 heteroatoms. The van der Waals surface area contributed by atoms with Crippen molar-refractivity contribution in [3.63, 3.8) is 0 Å². The normalized spacial score (nSPS) is 29.7.